The molecule has 18 heavy (non-hydrogen) atoms. The lowest BCUT2D eigenvalue weighted by atomic mass is 9.78. The van der Waals surface area contributed by atoms with Crippen LogP contribution in [0.5, 0.6) is 0 Å². The Hall–Kier alpha value is -0.390. The molecule has 1 aromatic heterocycles. The molecule has 5 heteroatoms. The SMILES string of the molecule is CNC(c1ccc(Br)s1)C1CCC(C(=O)O)CC1. The lowest BCUT2D eigenvalue weighted by molar-refractivity contribution is -0.143. The van der Waals surface area contributed by atoms with Crippen LogP contribution in [0.15, 0.2) is 15.9 Å². The second-order valence-corrected chi connectivity index (χ2v) is 7.35. The zero-order valence-corrected chi connectivity index (χ0v) is 12.8. The van der Waals surface area contributed by atoms with Gasteiger partial charge in [-0.05, 0) is 66.7 Å². The summed E-state index contributed by atoms with van der Waals surface area (Å²) >= 11 is 5.25. The summed E-state index contributed by atoms with van der Waals surface area (Å²) in [5, 5.41) is 12.4. The van der Waals surface area contributed by atoms with Crippen molar-refractivity contribution in [1.82, 2.24) is 5.32 Å². The lowest BCUT2D eigenvalue weighted by Gasteiger charge is -2.31. The molecule has 1 atom stereocenters. The van der Waals surface area contributed by atoms with Crippen LogP contribution < -0.4 is 5.32 Å². The first-order valence-electron chi connectivity index (χ1n) is 6.27. The van der Waals surface area contributed by atoms with Gasteiger partial charge in [0.1, 0.15) is 0 Å². The van der Waals surface area contributed by atoms with Crippen molar-refractivity contribution >= 4 is 33.2 Å². The maximum Gasteiger partial charge on any atom is 0.306 e. The molecule has 0 aromatic carbocycles. The van der Waals surface area contributed by atoms with Crippen molar-refractivity contribution in [3.8, 4) is 0 Å². The van der Waals surface area contributed by atoms with Crippen LogP contribution in [0.4, 0.5) is 0 Å². The Morgan fingerprint density at radius 3 is 2.56 bits per heavy atom. The summed E-state index contributed by atoms with van der Waals surface area (Å²) in [7, 11) is 1.99. The van der Waals surface area contributed by atoms with Gasteiger partial charge in [-0.3, -0.25) is 4.79 Å². The van der Waals surface area contributed by atoms with Crippen molar-refractivity contribution in [2.75, 3.05) is 7.05 Å². The Kier molecular flexibility index (Phi) is 4.81. The molecule has 0 amide bonds. The van der Waals surface area contributed by atoms with Gasteiger partial charge in [0.25, 0.3) is 0 Å². The van der Waals surface area contributed by atoms with Gasteiger partial charge >= 0.3 is 5.97 Å². The number of carbonyl (C=O) groups is 1. The van der Waals surface area contributed by atoms with Crippen LogP contribution in [0.2, 0.25) is 0 Å². The molecule has 1 unspecified atom stereocenters. The third-order valence-electron chi connectivity index (χ3n) is 3.80. The Balaban J connectivity index is 2.00. The molecular formula is C13H18BrNO2S. The first kappa shape index (κ1) is 14.0. The molecule has 1 aliphatic rings. The smallest absolute Gasteiger partial charge is 0.306 e. The molecule has 0 spiro atoms. The minimum atomic E-state index is -0.631. The normalized spacial score (nSPS) is 25.9. The fourth-order valence-corrected chi connectivity index (χ4v) is 4.43. The molecule has 0 aliphatic heterocycles. The lowest BCUT2D eigenvalue weighted by Crippen LogP contribution is -2.30. The minimum Gasteiger partial charge on any atom is -0.481 e. The van der Waals surface area contributed by atoms with Gasteiger partial charge in [0.15, 0.2) is 0 Å². The van der Waals surface area contributed by atoms with Crippen molar-refractivity contribution in [2.24, 2.45) is 11.8 Å². The zero-order valence-electron chi connectivity index (χ0n) is 10.4. The molecule has 2 rings (SSSR count). The summed E-state index contributed by atoms with van der Waals surface area (Å²) in [5.41, 5.74) is 0. The van der Waals surface area contributed by atoms with Crippen molar-refractivity contribution in [1.29, 1.82) is 0 Å². The highest BCUT2D eigenvalue weighted by Crippen LogP contribution is 2.39. The van der Waals surface area contributed by atoms with E-state index in [1.165, 1.54) is 4.88 Å². The number of carboxylic acids is 1. The number of rotatable bonds is 4. The Morgan fingerprint density at radius 1 is 1.44 bits per heavy atom. The van der Waals surface area contributed by atoms with E-state index in [0.717, 1.165) is 29.5 Å². The molecule has 1 fully saturated rings. The van der Waals surface area contributed by atoms with Crippen molar-refractivity contribution in [2.45, 2.75) is 31.7 Å². The van der Waals surface area contributed by atoms with Gasteiger partial charge in [-0.1, -0.05) is 0 Å². The van der Waals surface area contributed by atoms with Gasteiger partial charge in [0, 0.05) is 10.9 Å². The Labute approximate surface area is 120 Å². The molecule has 1 aromatic rings. The van der Waals surface area contributed by atoms with Crippen LogP contribution in [0, 0.1) is 11.8 Å². The first-order valence-corrected chi connectivity index (χ1v) is 7.88. The monoisotopic (exact) mass is 331 g/mol. The molecule has 100 valence electrons. The number of thiophene rings is 1. The Bertz CT molecular complexity index is 413. The maximum atomic E-state index is 11.0. The molecule has 1 heterocycles. The molecular weight excluding hydrogens is 314 g/mol. The minimum absolute atomic E-state index is 0.131. The summed E-state index contributed by atoms with van der Waals surface area (Å²) in [6.07, 6.45) is 3.62. The predicted molar refractivity (Wildman–Crippen MR) is 76.9 cm³/mol. The number of hydrogen-bond donors (Lipinski definition) is 2. The van der Waals surface area contributed by atoms with E-state index in [1.54, 1.807) is 11.3 Å². The number of hydrogen-bond acceptors (Lipinski definition) is 3. The number of halogens is 1. The van der Waals surface area contributed by atoms with Crippen LogP contribution in [-0.4, -0.2) is 18.1 Å². The van der Waals surface area contributed by atoms with Crippen LogP contribution in [0.1, 0.15) is 36.6 Å². The van der Waals surface area contributed by atoms with Gasteiger partial charge in [0.2, 0.25) is 0 Å². The van der Waals surface area contributed by atoms with Crippen molar-refractivity contribution < 1.29 is 9.90 Å². The Morgan fingerprint density at radius 2 is 2.11 bits per heavy atom. The van der Waals surface area contributed by atoms with E-state index in [-0.39, 0.29) is 5.92 Å². The summed E-state index contributed by atoms with van der Waals surface area (Å²) < 4.78 is 1.15. The second-order valence-electron chi connectivity index (χ2n) is 4.86. The van der Waals surface area contributed by atoms with E-state index >= 15 is 0 Å². The van der Waals surface area contributed by atoms with Crippen molar-refractivity contribution in [3.63, 3.8) is 0 Å². The van der Waals surface area contributed by atoms with Crippen molar-refractivity contribution in [3.05, 3.63) is 20.8 Å². The van der Waals surface area contributed by atoms with Gasteiger partial charge in [-0.2, -0.15) is 0 Å². The molecule has 1 aliphatic carbocycles. The molecule has 0 radical (unpaired) electrons. The number of aliphatic carboxylic acids is 1. The molecule has 0 bridgehead atoms. The fraction of sp³-hybridized carbons (Fsp3) is 0.615. The number of nitrogens with one attached hydrogen (secondary N) is 1. The average molecular weight is 332 g/mol. The summed E-state index contributed by atoms with van der Waals surface area (Å²) in [4.78, 5) is 12.3. The predicted octanol–water partition coefficient (Wildman–Crippen LogP) is 3.66. The summed E-state index contributed by atoms with van der Waals surface area (Å²) in [6.45, 7) is 0. The summed E-state index contributed by atoms with van der Waals surface area (Å²) in [5.74, 6) is -0.210. The summed E-state index contributed by atoms with van der Waals surface area (Å²) in [6, 6.07) is 4.59. The molecule has 1 saturated carbocycles. The molecule has 3 nitrogen and oxygen atoms in total. The highest BCUT2D eigenvalue weighted by Gasteiger charge is 2.31. The van der Waals surface area contributed by atoms with Gasteiger partial charge in [0.05, 0.1) is 9.70 Å². The van der Waals surface area contributed by atoms with Crippen LogP contribution in [0.3, 0.4) is 0 Å². The average Bonchev–Trinajstić information content (AvgIpc) is 2.77. The van der Waals surface area contributed by atoms with Crippen LogP contribution in [0.25, 0.3) is 0 Å². The highest BCUT2D eigenvalue weighted by molar-refractivity contribution is 9.11. The van der Waals surface area contributed by atoms with E-state index in [1.807, 2.05) is 7.05 Å². The third kappa shape index (κ3) is 3.13. The van der Waals surface area contributed by atoms with E-state index in [9.17, 15) is 4.79 Å². The second kappa shape index (κ2) is 6.17. The quantitative estimate of drug-likeness (QED) is 0.885. The number of carboxylic acid groups (broad SMARTS) is 1. The van der Waals surface area contributed by atoms with Gasteiger partial charge in [-0.25, -0.2) is 0 Å². The maximum absolute atomic E-state index is 11.0. The zero-order chi connectivity index (χ0) is 13.1. The van der Waals surface area contributed by atoms with E-state index in [0.29, 0.717) is 12.0 Å². The van der Waals surface area contributed by atoms with Crippen LogP contribution in [-0.2, 0) is 4.79 Å². The van der Waals surface area contributed by atoms with E-state index in [4.69, 9.17) is 5.11 Å². The first-order chi connectivity index (χ1) is 8.61. The molecule has 2 N–H and O–H groups in total. The third-order valence-corrected chi connectivity index (χ3v) is 5.51. The van der Waals surface area contributed by atoms with Crippen LogP contribution >= 0.6 is 27.3 Å². The standard InChI is InChI=1S/C13H18BrNO2S/c1-15-12(10-6-7-11(14)18-10)8-2-4-9(5-3-8)13(16)17/h6-9,12,15H,2-5H2,1H3,(H,16,17). The van der Waals surface area contributed by atoms with E-state index in [2.05, 4.69) is 33.4 Å². The molecule has 0 saturated heterocycles. The van der Waals surface area contributed by atoms with Gasteiger partial charge in [-0.15, -0.1) is 11.3 Å². The largest absolute Gasteiger partial charge is 0.481 e. The fourth-order valence-electron chi connectivity index (χ4n) is 2.81. The topological polar surface area (TPSA) is 49.3 Å². The highest BCUT2D eigenvalue weighted by atomic mass is 79.9. The van der Waals surface area contributed by atoms with E-state index < -0.39 is 5.97 Å². The van der Waals surface area contributed by atoms with Gasteiger partial charge < -0.3 is 10.4 Å².